The fraction of sp³-hybridized carbons (Fsp3) is 0.591. The molecular weight excluding hydrogens is 404 g/mol. The minimum Gasteiger partial charge on any atom is -0.464 e. The van der Waals surface area contributed by atoms with Gasteiger partial charge in [0.1, 0.15) is 11.7 Å². The van der Waals surface area contributed by atoms with Gasteiger partial charge in [-0.05, 0) is 55.0 Å². The maximum Gasteiger partial charge on any atom is 0.407 e. The second kappa shape index (κ2) is 10.0. The monoisotopic (exact) mass is 434 g/mol. The molecule has 2 fully saturated rings. The number of furan rings is 1. The predicted molar refractivity (Wildman–Crippen MR) is 115 cm³/mol. The van der Waals surface area contributed by atoms with Crippen LogP contribution in [0.1, 0.15) is 26.7 Å². The van der Waals surface area contributed by atoms with Crippen LogP contribution in [0.3, 0.4) is 0 Å². The summed E-state index contributed by atoms with van der Waals surface area (Å²) in [6, 6.07) is 8.23. The number of hydrogen-bond donors (Lipinski definition) is 1. The number of nitrogens with one attached hydrogen (secondary N) is 1. The number of fused-ring (bicyclic) bond motifs is 2. The molecule has 4 rings (SSSR count). The third-order valence-corrected chi connectivity index (χ3v) is 6.38. The Morgan fingerprint density at radius 1 is 1.33 bits per heavy atom. The number of carbonyl (C=O) groups is 1. The molecule has 2 aliphatic heterocycles. The van der Waals surface area contributed by atoms with Crippen molar-refractivity contribution in [2.45, 2.75) is 44.0 Å². The van der Waals surface area contributed by atoms with E-state index in [0.717, 1.165) is 36.9 Å². The van der Waals surface area contributed by atoms with Crippen molar-refractivity contribution in [2.24, 2.45) is 11.8 Å². The molecule has 30 heavy (non-hydrogen) atoms. The van der Waals surface area contributed by atoms with Crippen LogP contribution in [-0.2, 0) is 14.2 Å². The molecule has 0 bridgehead atoms. The van der Waals surface area contributed by atoms with Gasteiger partial charge < -0.3 is 23.9 Å². The van der Waals surface area contributed by atoms with E-state index in [-0.39, 0.29) is 24.4 Å². The summed E-state index contributed by atoms with van der Waals surface area (Å²) in [5, 5.41) is 3.99. The number of alkyl carbamates (subject to hydrolysis) is 1. The average molecular weight is 435 g/mol. The number of rotatable bonds is 9. The largest absolute Gasteiger partial charge is 0.464 e. The lowest BCUT2D eigenvalue weighted by Gasteiger charge is -2.23. The first-order valence-corrected chi connectivity index (χ1v) is 11.4. The highest BCUT2D eigenvalue weighted by Gasteiger charge is 2.43. The Bertz CT molecular complexity index is 842. The Morgan fingerprint density at radius 2 is 2.23 bits per heavy atom. The predicted octanol–water partition coefficient (Wildman–Crippen LogP) is 4.28. The molecule has 8 heteroatoms. The third kappa shape index (κ3) is 5.49. The molecule has 2 aliphatic rings. The molecule has 1 aromatic heterocycles. The van der Waals surface area contributed by atoms with E-state index < -0.39 is 0 Å². The number of nitrogens with zero attached hydrogens (tertiary/aromatic N) is 1. The van der Waals surface area contributed by atoms with Gasteiger partial charge in [0, 0.05) is 29.9 Å². The topological polar surface area (TPSA) is 73.2 Å². The summed E-state index contributed by atoms with van der Waals surface area (Å²) in [4.78, 5) is 13.3. The van der Waals surface area contributed by atoms with Gasteiger partial charge in [0.25, 0.3) is 0 Å². The standard InChI is InChI=1S/C22H30N2O5S/c1-15(2)13-24(30-17-4-5-19-16(12-17)6-10-26-19)9-3-8-23-22(25)29-20-14-28-21-18(20)7-11-27-21/h4-6,10,12,15,18,20-21H,3,7-9,11,13-14H2,1-2H3,(H,23,25). The summed E-state index contributed by atoms with van der Waals surface area (Å²) in [6.45, 7) is 7.94. The molecule has 1 amide bonds. The van der Waals surface area contributed by atoms with Crippen LogP contribution in [-0.4, -0.2) is 55.6 Å². The van der Waals surface area contributed by atoms with Gasteiger partial charge in [-0.1, -0.05) is 13.8 Å². The van der Waals surface area contributed by atoms with E-state index in [2.05, 4.69) is 35.6 Å². The average Bonchev–Trinajstić information content (AvgIpc) is 3.42. The van der Waals surface area contributed by atoms with Gasteiger partial charge in [0.05, 0.1) is 25.4 Å². The zero-order chi connectivity index (χ0) is 20.9. The lowest BCUT2D eigenvalue weighted by molar-refractivity contribution is -0.0907. The SMILES string of the molecule is CC(C)CN(CCCNC(=O)OC1COC2OCCC12)Sc1ccc2occc2c1. The highest BCUT2D eigenvalue weighted by Crippen LogP contribution is 2.33. The van der Waals surface area contributed by atoms with Crippen LogP contribution in [0, 0.1) is 11.8 Å². The van der Waals surface area contributed by atoms with Crippen LogP contribution in [0.5, 0.6) is 0 Å². The Labute approximate surface area is 181 Å². The Balaban J connectivity index is 1.21. The Hall–Kier alpha value is -1.74. The summed E-state index contributed by atoms with van der Waals surface area (Å²) in [6.07, 6.45) is 2.67. The van der Waals surface area contributed by atoms with Crippen LogP contribution in [0.15, 0.2) is 39.8 Å². The van der Waals surface area contributed by atoms with Crippen LogP contribution in [0.2, 0.25) is 0 Å². The molecule has 1 aromatic carbocycles. The highest BCUT2D eigenvalue weighted by atomic mass is 32.2. The molecule has 3 unspecified atom stereocenters. The number of carbonyl (C=O) groups excluding carboxylic acids is 1. The maximum atomic E-state index is 12.1. The molecule has 2 aromatic rings. The van der Waals surface area contributed by atoms with Gasteiger partial charge in [-0.3, -0.25) is 0 Å². The smallest absolute Gasteiger partial charge is 0.407 e. The number of ether oxygens (including phenoxy) is 3. The second-order valence-corrected chi connectivity index (χ2v) is 9.41. The zero-order valence-electron chi connectivity index (χ0n) is 17.5. The number of hydrogen-bond acceptors (Lipinski definition) is 7. The van der Waals surface area contributed by atoms with Crippen LogP contribution < -0.4 is 5.32 Å². The Kier molecular flexibility index (Phi) is 7.20. The zero-order valence-corrected chi connectivity index (χ0v) is 18.4. The fourth-order valence-electron chi connectivity index (χ4n) is 3.90. The normalized spacial score (nSPS) is 23.4. The molecule has 164 valence electrons. The van der Waals surface area contributed by atoms with Crippen molar-refractivity contribution >= 4 is 29.0 Å². The van der Waals surface area contributed by atoms with Crippen molar-refractivity contribution in [1.29, 1.82) is 0 Å². The van der Waals surface area contributed by atoms with Gasteiger partial charge in [0.15, 0.2) is 6.29 Å². The summed E-state index contributed by atoms with van der Waals surface area (Å²) in [5.74, 6) is 0.721. The van der Waals surface area contributed by atoms with Gasteiger partial charge in [-0.25, -0.2) is 9.10 Å². The molecular formula is C22H30N2O5S. The molecule has 0 spiro atoms. The summed E-state index contributed by atoms with van der Waals surface area (Å²) < 4.78 is 24.3. The van der Waals surface area contributed by atoms with Crippen molar-refractivity contribution in [1.82, 2.24) is 9.62 Å². The van der Waals surface area contributed by atoms with Crippen LogP contribution >= 0.6 is 11.9 Å². The molecule has 0 aliphatic carbocycles. The second-order valence-electron chi connectivity index (χ2n) is 8.24. The van der Waals surface area contributed by atoms with Crippen molar-refractivity contribution in [3.63, 3.8) is 0 Å². The van der Waals surface area contributed by atoms with Gasteiger partial charge in [-0.15, -0.1) is 0 Å². The molecule has 0 radical (unpaired) electrons. The minimum absolute atomic E-state index is 0.168. The lowest BCUT2D eigenvalue weighted by atomic mass is 10.0. The molecule has 7 nitrogen and oxygen atoms in total. The fourth-order valence-corrected chi connectivity index (χ4v) is 5.10. The first kappa shape index (κ1) is 21.5. The number of amides is 1. The number of benzene rings is 1. The van der Waals surface area contributed by atoms with E-state index in [9.17, 15) is 4.79 Å². The lowest BCUT2D eigenvalue weighted by Crippen LogP contribution is -2.34. The minimum atomic E-state index is -0.371. The van der Waals surface area contributed by atoms with Gasteiger partial charge in [0.2, 0.25) is 0 Å². The van der Waals surface area contributed by atoms with E-state index in [1.54, 1.807) is 18.2 Å². The highest BCUT2D eigenvalue weighted by molar-refractivity contribution is 7.97. The van der Waals surface area contributed by atoms with Crippen LogP contribution in [0.4, 0.5) is 4.79 Å². The summed E-state index contributed by atoms with van der Waals surface area (Å²) >= 11 is 1.75. The summed E-state index contributed by atoms with van der Waals surface area (Å²) in [5.41, 5.74) is 0.903. The van der Waals surface area contributed by atoms with E-state index in [1.165, 1.54) is 4.90 Å². The van der Waals surface area contributed by atoms with E-state index in [4.69, 9.17) is 18.6 Å². The molecule has 3 atom stereocenters. The molecule has 1 N–H and O–H groups in total. The maximum absolute atomic E-state index is 12.1. The van der Waals surface area contributed by atoms with Gasteiger partial charge >= 0.3 is 6.09 Å². The first-order chi connectivity index (χ1) is 14.6. The van der Waals surface area contributed by atoms with E-state index >= 15 is 0 Å². The van der Waals surface area contributed by atoms with E-state index in [1.807, 2.05) is 12.1 Å². The molecule has 3 heterocycles. The van der Waals surface area contributed by atoms with Crippen molar-refractivity contribution in [3.8, 4) is 0 Å². The van der Waals surface area contributed by atoms with Crippen molar-refractivity contribution in [2.75, 3.05) is 32.8 Å². The van der Waals surface area contributed by atoms with E-state index in [0.29, 0.717) is 25.7 Å². The van der Waals surface area contributed by atoms with Crippen molar-refractivity contribution < 1.29 is 23.4 Å². The quantitative estimate of drug-likeness (QED) is 0.467. The Morgan fingerprint density at radius 3 is 3.10 bits per heavy atom. The first-order valence-electron chi connectivity index (χ1n) is 10.7. The van der Waals surface area contributed by atoms with Gasteiger partial charge in [-0.2, -0.15) is 0 Å². The molecule has 2 saturated heterocycles. The summed E-state index contributed by atoms with van der Waals surface area (Å²) in [7, 11) is 0. The van der Waals surface area contributed by atoms with Crippen LogP contribution in [0.25, 0.3) is 11.0 Å². The third-order valence-electron chi connectivity index (χ3n) is 5.32. The molecule has 0 saturated carbocycles. The van der Waals surface area contributed by atoms with Crippen molar-refractivity contribution in [3.05, 3.63) is 30.5 Å².